The maximum absolute atomic E-state index is 10.1. The summed E-state index contributed by atoms with van der Waals surface area (Å²) in [6, 6.07) is 0. The van der Waals surface area contributed by atoms with Gasteiger partial charge in [0.25, 0.3) is 0 Å². The molecule has 0 spiro atoms. The lowest BCUT2D eigenvalue weighted by Crippen LogP contribution is -2.44. The van der Waals surface area contributed by atoms with Crippen LogP contribution in [0, 0.1) is 11.8 Å². The molecule has 4 unspecified atom stereocenters. The highest BCUT2D eigenvalue weighted by Gasteiger charge is 2.31. The smallest absolute Gasteiger partial charge is 0.102 e. The molecule has 2 rings (SSSR count). The molecule has 1 aliphatic heterocycles. The van der Waals surface area contributed by atoms with E-state index in [1.807, 2.05) is 0 Å². The molecule has 1 heterocycles. The van der Waals surface area contributed by atoms with Crippen molar-refractivity contribution in [1.29, 1.82) is 0 Å². The van der Waals surface area contributed by atoms with Crippen LogP contribution in [0.15, 0.2) is 12.2 Å². The molecule has 122 valence electrons. The Kier molecular flexibility index (Phi) is 6.64. The van der Waals surface area contributed by atoms with Crippen molar-refractivity contribution < 1.29 is 19.7 Å². The summed E-state index contributed by atoms with van der Waals surface area (Å²) >= 11 is 0. The summed E-state index contributed by atoms with van der Waals surface area (Å²) in [6.07, 6.45) is 6.76. The minimum atomic E-state index is -0.773. The van der Waals surface area contributed by atoms with E-state index in [4.69, 9.17) is 9.47 Å². The molecule has 0 saturated carbocycles. The molecule has 0 amide bonds. The summed E-state index contributed by atoms with van der Waals surface area (Å²) in [5.41, 5.74) is -0.773. The molecule has 3 N–H and O–H groups in total. The number of aliphatic hydroxyl groups is 2. The third kappa shape index (κ3) is 5.68. The molecule has 4 atom stereocenters. The van der Waals surface area contributed by atoms with Gasteiger partial charge in [0, 0.05) is 26.1 Å². The molecule has 1 fully saturated rings. The number of aliphatic hydroxyl groups excluding tert-OH is 1. The second kappa shape index (κ2) is 8.25. The summed E-state index contributed by atoms with van der Waals surface area (Å²) < 4.78 is 10.8. The second-order valence-corrected chi connectivity index (χ2v) is 6.53. The van der Waals surface area contributed by atoms with Gasteiger partial charge >= 0.3 is 0 Å². The van der Waals surface area contributed by atoms with Crippen LogP contribution in [0.5, 0.6) is 0 Å². The molecule has 1 saturated heterocycles. The summed E-state index contributed by atoms with van der Waals surface area (Å²) in [7, 11) is 0. The van der Waals surface area contributed by atoms with Crippen LogP contribution in [0.4, 0.5) is 0 Å². The van der Waals surface area contributed by atoms with Gasteiger partial charge in [0.2, 0.25) is 0 Å². The predicted molar refractivity (Wildman–Crippen MR) is 81.1 cm³/mol. The van der Waals surface area contributed by atoms with Crippen LogP contribution in [0.2, 0.25) is 0 Å². The Balaban J connectivity index is 1.53. The number of allylic oxidation sites excluding steroid dienone is 2. The van der Waals surface area contributed by atoms with Gasteiger partial charge < -0.3 is 25.0 Å². The molecule has 0 aromatic carbocycles. The number of nitrogens with one attached hydrogen (secondary N) is 1. The molecular weight excluding hydrogens is 270 g/mol. The number of hydrogen-bond acceptors (Lipinski definition) is 5. The van der Waals surface area contributed by atoms with Gasteiger partial charge in [0.1, 0.15) is 5.60 Å². The average Bonchev–Trinajstić information content (AvgIpc) is 2.88. The zero-order valence-corrected chi connectivity index (χ0v) is 13.0. The lowest BCUT2D eigenvalue weighted by atomic mass is 9.85. The van der Waals surface area contributed by atoms with Gasteiger partial charge in [-0.25, -0.2) is 0 Å². The van der Waals surface area contributed by atoms with Crippen LogP contribution in [-0.2, 0) is 9.47 Å². The topological polar surface area (TPSA) is 71.0 Å². The monoisotopic (exact) mass is 299 g/mol. The highest BCUT2D eigenvalue weighted by atomic mass is 16.5. The van der Waals surface area contributed by atoms with E-state index in [0.717, 1.165) is 12.8 Å². The van der Waals surface area contributed by atoms with Gasteiger partial charge in [-0.1, -0.05) is 19.1 Å². The standard InChI is InChI=1S/C16H29NO4/c1-13-4-2-3-5-14(13)9-21-10-15(18)8-17-11-16(19)6-7-20-12-16/h2-3,13-15,17-19H,4-12H2,1H3. The maximum Gasteiger partial charge on any atom is 0.102 e. The van der Waals surface area contributed by atoms with Gasteiger partial charge in [-0.05, 0) is 24.7 Å². The van der Waals surface area contributed by atoms with E-state index in [9.17, 15) is 10.2 Å². The molecule has 0 bridgehead atoms. The van der Waals surface area contributed by atoms with E-state index in [0.29, 0.717) is 57.8 Å². The Morgan fingerprint density at radius 2 is 2.24 bits per heavy atom. The van der Waals surface area contributed by atoms with E-state index >= 15 is 0 Å². The van der Waals surface area contributed by atoms with Crippen LogP contribution in [0.1, 0.15) is 26.2 Å². The Morgan fingerprint density at radius 3 is 2.95 bits per heavy atom. The summed E-state index contributed by atoms with van der Waals surface area (Å²) in [5.74, 6) is 1.22. The van der Waals surface area contributed by atoms with Crippen molar-refractivity contribution in [3.05, 3.63) is 12.2 Å². The zero-order valence-electron chi connectivity index (χ0n) is 13.0. The lowest BCUT2D eigenvalue weighted by molar-refractivity contribution is 0.00335. The maximum atomic E-state index is 10.1. The Hall–Kier alpha value is -0.460. The first-order valence-corrected chi connectivity index (χ1v) is 8.01. The molecule has 0 radical (unpaired) electrons. The van der Waals surface area contributed by atoms with Gasteiger partial charge in [0.05, 0.1) is 25.9 Å². The molecule has 5 heteroatoms. The number of ether oxygens (including phenoxy) is 2. The number of hydrogen-bond donors (Lipinski definition) is 3. The predicted octanol–water partition coefficient (Wildman–Crippen LogP) is 0.707. The van der Waals surface area contributed by atoms with Crippen molar-refractivity contribution in [1.82, 2.24) is 5.32 Å². The minimum Gasteiger partial charge on any atom is -0.389 e. The van der Waals surface area contributed by atoms with Crippen molar-refractivity contribution >= 4 is 0 Å². The fourth-order valence-corrected chi connectivity index (χ4v) is 2.86. The Morgan fingerprint density at radius 1 is 1.43 bits per heavy atom. The number of rotatable bonds is 8. The molecular formula is C16H29NO4. The van der Waals surface area contributed by atoms with Gasteiger partial charge in [0.15, 0.2) is 0 Å². The normalized spacial score (nSPS) is 34.2. The van der Waals surface area contributed by atoms with Crippen LogP contribution >= 0.6 is 0 Å². The summed E-state index contributed by atoms with van der Waals surface area (Å²) in [4.78, 5) is 0. The first-order valence-electron chi connectivity index (χ1n) is 8.01. The fraction of sp³-hybridized carbons (Fsp3) is 0.875. The van der Waals surface area contributed by atoms with Crippen molar-refractivity contribution in [3.63, 3.8) is 0 Å². The molecule has 5 nitrogen and oxygen atoms in total. The zero-order chi connectivity index (χ0) is 15.1. The first kappa shape index (κ1) is 16.9. The van der Waals surface area contributed by atoms with E-state index in [1.54, 1.807) is 0 Å². The van der Waals surface area contributed by atoms with Gasteiger partial charge in [-0.2, -0.15) is 0 Å². The van der Waals surface area contributed by atoms with Crippen LogP contribution < -0.4 is 5.32 Å². The van der Waals surface area contributed by atoms with Crippen LogP contribution in [-0.4, -0.2) is 61.4 Å². The van der Waals surface area contributed by atoms with Gasteiger partial charge in [-0.3, -0.25) is 0 Å². The third-order valence-electron chi connectivity index (χ3n) is 4.48. The van der Waals surface area contributed by atoms with E-state index < -0.39 is 11.7 Å². The molecule has 0 aromatic rings. The molecule has 0 aromatic heterocycles. The average molecular weight is 299 g/mol. The fourth-order valence-electron chi connectivity index (χ4n) is 2.86. The third-order valence-corrected chi connectivity index (χ3v) is 4.48. The van der Waals surface area contributed by atoms with Crippen molar-refractivity contribution in [2.24, 2.45) is 11.8 Å². The second-order valence-electron chi connectivity index (χ2n) is 6.53. The van der Waals surface area contributed by atoms with Crippen LogP contribution in [0.3, 0.4) is 0 Å². The largest absolute Gasteiger partial charge is 0.389 e. The first-order chi connectivity index (χ1) is 10.1. The van der Waals surface area contributed by atoms with Crippen molar-refractivity contribution in [2.75, 3.05) is 39.5 Å². The highest BCUT2D eigenvalue weighted by molar-refractivity contribution is 4.93. The van der Waals surface area contributed by atoms with Crippen molar-refractivity contribution in [3.8, 4) is 0 Å². The molecule has 2 aliphatic rings. The quantitative estimate of drug-likeness (QED) is 0.576. The summed E-state index contributed by atoms with van der Waals surface area (Å²) in [6.45, 7) is 5.17. The van der Waals surface area contributed by atoms with E-state index in [-0.39, 0.29) is 0 Å². The highest BCUT2D eigenvalue weighted by Crippen LogP contribution is 2.25. The van der Waals surface area contributed by atoms with Crippen molar-refractivity contribution in [2.45, 2.75) is 37.9 Å². The Bertz CT molecular complexity index is 328. The molecule has 21 heavy (non-hydrogen) atoms. The van der Waals surface area contributed by atoms with Gasteiger partial charge in [-0.15, -0.1) is 0 Å². The minimum absolute atomic E-state index is 0.342. The molecule has 1 aliphatic carbocycles. The SMILES string of the molecule is CC1CC=CCC1COCC(O)CNCC1(O)CCOC1. The van der Waals surface area contributed by atoms with E-state index in [1.165, 1.54) is 0 Å². The Labute approximate surface area is 127 Å². The summed E-state index contributed by atoms with van der Waals surface area (Å²) in [5, 5.41) is 23.1. The van der Waals surface area contributed by atoms with Crippen LogP contribution in [0.25, 0.3) is 0 Å². The lowest BCUT2D eigenvalue weighted by Gasteiger charge is -2.26. The van der Waals surface area contributed by atoms with E-state index in [2.05, 4.69) is 24.4 Å².